The molecule has 0 amide bonds. The van der Waals surface area contributed by atoms with Gasteiger partial charge in [0.15, 0.2) is 44.8 Å². The van der Waals surface area contributed by atoms with Crippen LogP contribution in [-0.2, 0) is 73.7 Å². The van der Waals surface area contributed by atoms with Crippen molar-refractivity contribution in [2.45, 2.75) is 460 Å². The zero-order chi connectivity index (χ0) is 93.3. The SMILES string of the molecule is CC[Si](CC)(CC)O[C@@H]([C@H](O[Si](C)(C)C(C)(C)C)[C@H](C)CCO[Si](C(C)C)(C(C)C)C(C)C)[C@@H]1C[C@H]2OC(=O)[C@H](C)[C@@H]3CCC[C@]4(CC[C@H](O4)[C@H](O[Si](OC(C)(C)C)(c4ccccc4)c4ccccc4)[C@@]4(C)C[C@@H](O[Si](CC)(CC)CC)[C@H](O4)[C@H]4C[C@]5(CO[Si](c6ccccc6)(c6ccccc6)C(C)(C)C)CC[C@@](O4)(O5)[C@H]4CC[C@](C)(C[C@@H](C)/C=C(C)/C=C/[C@H]2O1)O4)O3. The van der Waals surface area contributed by atoms with Gasteiger partial charge in [-0.15, -0.1) is 0 Å². The van der Waals surface area contributed by atoms with E-state index in [0.29, 0.717) is 87.6 Å². The summed E-state index contributed by atoms with van der Waals surface area (Å²) in [6.07, 6.45) is 9.25. The molecule has 0 aliphatic carbocycles. The molecule has 8 aliphatic heterocycles. The summed E-state index contributed by atoms with van der Waals surface area (Å²) in [6.45, 7) is 67.9. The number of fused-ring (bicyclic) bond motifs is 10. The molecule has 128 heavy (non-hydrogen) atoms. The first-order valence-corrected chi connectivity index (χ1v) is 64.2. The lowest BCUT2D eigenvalue weighted by Gasteiger charge is -2.50. The predicted molar refractivity (Wildman–Crippen MR) is 534 cm³/mol. The summed E-state index contributed by atoms with van der Waals surface area (Å²) in [6, 6.07) is 49.0. The quantitative estimate of drug-likeness (QED) is 0.0336. The summed E-state index contributed by atoms with van der Waals surface area (Å²) < 4.78 is 119. The highest BCUT2D eigenvalue weighted by molar-refractivity contribution is 6.99. The van der Waals surface area contributed by atoms with Crippen molar-refractivity contribution in [2.24, 2.45) is 17.8 Å². The van der Waals surface area contributed by atoms with Gasteiger partial charge in [0.25, 0.3) is 8.32 Å². The summed E-state index contributed by atoms with van der Waals surface area (Å²) in [5, 5.41) is 3.98. The standard InChI is InChI=1S/C106H172O16Si6/c1-30-124(31-2,32-3)117-92-72-103(27)97(120-128(122-99(17,18)19,84-53-44-38-45-54-84)85-55-46-39-47-56-85)88-60-65-105(113-88)63-48-57-86(112-105)81(16)98(107)111-89-70-90(96(119-125(33-4,34-5)35-6)94(118-123(28,29)100(20,21)22)80(15)62-68-108-126(75(7)8,76(9)10)77(11)12)110-87(89)59-58-78(13)69-79(14)71-102(26)64-61-93(115-102)106-67-66-104(121-106,73-91(114-106)95(92)116-103)74-109-127(101(23,24)25,82-49-40-36-41-50-82)83-51-42-37-43-52-83/h36-47,49-56,58-59,69,75-77,79-81,86-97H,30-35,48,57,60-68,70-74H2,1-29H3/b59-58+,78-69+/t79-,80+,81+,86-,87+,88-,89+,90-,91+,92+,93+,94+,95+,96+,97-,102+,103+,104-,105-,106+/m0/s1. The molecule has 8 heterocycles. The summed E-state index contributed by atoms with van der Waals surface area (Å²) in [7, 11) is -16.7. The van der Waals surface area contributed by atoms with Crippen LogP contribution in [0.1, 0.15) is 277 Å². The maximum absolute atomic E-state index is 16.0. The summed E-state index contributed by atoms with van der Waals surface area (Å²) in [4.78, 5) is 16.0. The van der Waals surface area contributed by atoms with Crippen molar-refractivity contribution >= 4 is 76.9 Å². The number of ether oxygens (including phenoxy) is 8. The molecule has 8 aliphatic rings. The molecule has 4 aromatic rings. The molecule has 716 valence electrons. The van der Waals surface area contributed by atoms with E-state index in [2.05, 4.69) is 333 Å². The fraction of sp³-hybridized carbons (Fsp3) is 0.726. The van der Waals surface area contributed by atoms with Crippen LogP contribution in [0.25, 0.3) is 0 Å². The van der Waals surface area contributed by atoms with Crippen molar-refractivity contribution in [2.75, 3.05) is 13.2 Å². The lowest BCUT2D eigenvalue weighted by Crippen LogP contribution is -2.70. The molecule has 7 saturated heterocycles. The van der Waals surface area contributed by atoms with Crippen molar-refractivity contribution in [3.63, 3.8) is 0 Å². The molecule has 16 nitrogen and oxygen atoms in total. The summed E-state index contributed by atoms with van der Waals surface area (Å²) in [5.41, 5.74) is -0.747. The van der Waals surface area contributed by atoms with Crippen LogP contribution in [0.4, 0.5) is 0 Å². The molecule has 0 unspecified atom stereocenters. The number of hydrogen-bond donors (Lipinski definition) is 0. The first-order chi connectivity index (χ1) is 60.2. The zero-order valence-corrected chi connectivity index (χ0v) is 90.8. The Morgan fingerprint density at radius 3 is 1.64 bits per heavy atom. The lowest BCUT2D eigenvalue weighted by molar-refractivity contribution is -0.368. The highest BCUT2D eigenvalue weighted by Crippen LogP contribution is 2.59. The molecular weight excluding hydrogens is 1700 g/mol. The minimum absolute atomic E-state index is 0.0326. The van der Waals surface area contributed by atoms with Crippen molar-refractivity contribution in [1.82, 2.24) is 0 Å². The van der Waals surface area contributed by atoms with Crippen LogP contribution >= 0.6 is 0 Å². The van der Waals surface area contributed by atoms with Gasteiger partial charge in [-0.1, -0.05) is 284 Å². The third-order valence-electron chi connectivity index (χ3n) is 32.4. The van der Waals surface area contributed by atoms with Gasteiger partial charge in [0.2, 0.25) is 0 Å². The smallest absolute Gasteiger partial charge is 0.407 e. The van der Waals surface area contributed by atoms with Crippen molar-refractivity contribution in [3.05, 3.63) is 145 Å². The Morgan fingerprint density at radius 2 is 1.11 bits per heavy atom. The first kappa shape index (κ1) is 103. The van der Waals surface area contributed by atoms with Crippen LogP contribution in [-0.4, -0.2) is 177 Å². The third-order valence-corrected chi connectivity index (χ3v) is 60.9. The minimum atomic E-state index is -3.89. The number of rotatable bonds is 32. The molecule has 10 bridgehead atoms. The Bertz CT molecular complexity index is 4140. The van der Waals surface area contributed by atoms with Gasteiger partial charge >= 0.3 is 14.5 Å². The van der Waals surface area contributed by atoms with E-state index >= 15 is 4.79 Å². The second-order valence-corrected chi connectivity index (χ2v) is 72.2. The van der Waals surface area contributed by atoms with E-state index in [9.17, 15) is 0 Å². The molecule has 0 radical (unpaired) electrons. The van der Waals surface area contributed by atoms with Crippen LogP contribution in [0.2, 0.25) is 76.1 Å². The topological polar surface area (TPSA) is 156 Å². The lowest BCUT2D eigenvalue weighted by atomic mass is 9.87. The van der Waals surface area contributed by atoms with Gasteiger partial charge in [0.1, 0.15) is 30.5 Å². The molecule has 0 aromatic heterocycles. The third kappa shape index (κ3) is 21.9. The summed E-state index contributed by atoms with van der Waals surface area (Å²) in [5.74, 6) is -3.12. The van der Waals surface area contributed by atoms with Crippen molar-refractivity contribution < 1.29 is 73.7 Å². The Labute approximate surface area is 781 Å². The molecular formula is C106H172O16Si6. The molecule has 20 atom stereocenters. The van der Waals surface area contributed by atoms with Gasteiger partial charge in [-0.3, -0.25) is 4.79 Å². The number of carbonyl (C=O) groups excluding carboxylic acids is 1. The fourth-order valence-corrected chi connectivity index (χ4v) is 45.0. The molecule has 2 spiro atoms. The number of hydrogen-bond acceptors (Lipinski definition) is 16. The predicted octanol–water partition coefficient (Wildman–Crippen LogP) is 23.6. The molecule has 4 aromatic carbocycles. The maximum Gasteiger partial charge on any atom is 0.407 e. The summed E-state index contributed by atoms with van der Waals surface area (Å²) >= 11 is 0. The molecule has 22 heteroatoms. The van der Waals surface area contributed by atoms with Crippen LogP contribution in [0.15, 0.2) is 145 Å². The van der Waals surface area contributed by atoms with Gasteiger partial charge in [-0.2, -0.15) is 0 Å². The second kappa shape index (κ2) is 41.1. The number of esters is 1. The first-order valence-electron chi connectivity index (χ1n) is 50.4. The van der Waals surface area contributed by atoms with Crippen LogP contribution in [0.3, 0.4) is 0 Å². The van der Waals surface area contributed by atoms with Gasteiger partial charge < -0.3 is 68.9 Å². The largest absolute Gasteiger partial charge is 0.459 e. The maximum atomic E-state index is 16.0. The van der Waals surface area contributed by atoms with E-state index in [1.807, 2.05) is 6.92 Å². The van der Waals surface area contributed by atoms with Crippen molar-refractivity contribution in [1.29, 1.82) is 0 Å². The highest BCUT2D eigenvalue weighted by Gasteiger charge is 2.69. The van der Waals surface area contributed by atoms with E-state index in [-0.39, 0.29) is 34.0 Å². The number of carbonyl (C=O) groups is 1. The Hall–Kier alpha value is -3.43. The fourth-order valence-electron chi connectivity index (χ4n) is 24.0. The van der Waals surface area contributed by atoms with E-state index < -0.39 is 157 Å². The normalized spacial score (nSPS) is 32.4. The van der Waals surface area contributed by atoms with Gasteiger partial charge in [0, 0.05) is 45.1 Å². The molecule has 7 fully saturated rings. The highest BCUT2D eigenvalue weighted by atomic mass is 28.4. The Morgan fingerprint density at radius 1 is 0.555 bits per heavy atom. The zero-order valence-electron chi connectivity index (χ0n) is 84.8. The van der Waals surface area contributed by atoms with E-state index in [0.717, 1.165) is 84.3 Å². The van der Waals surface area contributed by atoms with E-state index in [1.54, 1.807) is 0 Å². The Balaban J connectivity index is 0.995. The Kier molecular flexibility index (Phi) is 33.2. The minimum Gasteiger partial charge on any atom is -0.459 e. The number of allylic oxidation sites excluding steroid dienone is 3. The van der Waals surface area contributed by atoms with E-state index in [4.69, 9.17) is 68.9 Å². The monoisotopic (exact) mass is 1870 g/mol. The average molecular weight is 1870 g/mol. The molecule has 12 rings (SSSR count). The van der Waals surface area contributed by atoms with Gasteiger partial charge in [-0.25, -0.2) is 0 Å². The van der Waals surface area contributed by atoms with Crippen LogP contribution in [0, 0.1) is 17.8 Å². The van der Waals surface area contributed by atoms with Crippen molar-refractivity contribution in [3.8, 4) is 0 Å². The van der Waals surface area contributed by atoms with Crippen LogP contribution in [0.5, 0.6) is 0 Å². The van der Waals surface area contributed by atoms with Gasteiger partial charge in [0.05, 0.1) is 77.7 Å². The molecule has 0 saturated carbocycles. The molecule has 0 N–H and O–H groups in total. The van der Waals surface area contributed by atoms with E-state index in [1.165, 1.54) is 10.4 Å². The van der Waals surface area contributed by atoms with Crippen LogP contribution < -0.4 is 20.7 Å². The second-order valence-electron chi connectivity index (χ2n) is 45.5. The average Bonchev–Trinajstić information content (AvgIpc) is 1.22. The van der Waals surface area contributed by atoms with Gasteiger partial charge in [-0.05, 0) is 208 Å². The number of benzene rings is 4.